The molecule has 1 unspecified atom stereocenters. The molecular formula is C9H20N2. The van der Waals surface area contributed by atoms with E-state index in [0.29, 0.717) is 6.04 Å². The van der Waals surface area contributed by atoms with Crippen LogP contribution in [-0.4, -0.2) is 30.9 Å². The molecule has 66 valence electrons. The molecule has 0 rings (SSSR count). The van der Waals surface area contributed by atoms with Crippen LogP contribution in [0.4, 0.5) is 0 Å². The number of hydrogen-bond donors (Lipinski definition) is 0. The van der Waals surface area contributed by atoms with Gasteiger partial charge in [0.05, 0.1) is 5.84 Å². The second-order valence-electron chi connectivity index (χ2n) is 3.05. The van der Waals surface area contributed by atoms with E-state index in [2.05, 4.69) is 30.7 Å². The molecule has 0 aromatic carbocycles. The molecule has 0 fully saturated rings. The lowest BCUT2D eigenvalue weighted by Gasteiger charge is -2.15. The van der Waals surface area contributed by atoms with Crippen molar-refractivity contribution in [2.75, 3.05) is 14.1 Å². The zero-order valence-corrected chi connectivity index (χ0v) is 8.39. The molecule has 2 heteroatoms. The molecule has 0 radical (unpaired) electrons. The average molecular weight is 156 g/mol. The van der Waals surface area contributed by atoms with Gasteiger partial charge in [-0.05, 0) is 13.3 Å². The van der Waals surface area contributed by atoms with Crippen LogP contribution in [-0.2, 0) is 0 Å². The summed E-state index contributed by atoms with van der Waals surface area (Å²) >= 11 is 0. The molecule has 0 aliphatic rings. The first-order chi connectivity index (χ1) is 5.11. The Labute approximate surface area is 70.3 Å². The number of amidine groups is 1. The maximum atomic E-state index is 4.56. The molecule has 0 amide bonds. The molecule has 0 aliphatic carbocycles. The van der Waals surface area contributed by atoms with Gasteiger partial charge in [-0.15, -0.1) is 0 Å². The van der Waals surface area contributed by atoms with E-state index in [1.165, 1.54) is 5.84 Å². The minimum Gasteiger partial charge on any atom is -0.366 e. The molecule has 11 heavy (non-hydrogen) atoms. The van der Waals surface area contributed by atoms with Gasteiger partial charge in [0.2, 0.25) is 0 Å². The van der Waals surface area contributed by atoms with Gasteiger partial charge in [-0.1, -0.05) is 13.8 Å². The Morgan fingerprint density at radius 3 is 2.18 bits per heavy atom. The third-order valence-corrected chi connectivity index (χ3v) is 1.79. The second-order valence-corrected chi connectivity index (χ2v) is 3.05. The Hall–Kier alpha value is -0.530. The number of hydrogen-bond acceptors (Lipinski definition) is 1. The maximum Gasteiger partial charge on any atom is 0.0984 e. The van der Waals surface area contributed by atoms with Crippen molar-refractivity contribution in [3.05, 3.63) is 0 Å². The van der Waals surface area contributed by atoms with Gasteiger partial charge in [-0.25, -0.2) is 0 Å². The van der Waals surface area contributed by atoms with Crippen molar-refractivity contribution in [1.29, 1.82) is 0 Å². The Bertz CT molecular complexity index is 128. The third-order valence-electron chi connectivity index (χ3n) is 1.79. The SMILES string of the molecule is CCC(=NC(C)CC)N(C)C. The van der Waals surface area contributed by atoms with E-state index < -0.39 is 0 Å². The monoisotopic (exact) mass is 156 g/mol. The van der Waals surface area contributed by atoms with E-state index in [0.717, 1.165) is 12.8 Å². The lowest BCUT2D eigenvalue weighted by molar-refractivity contribution is 0.587. The largest absolute Gasteiger partial charge is 0.366 e. The first-order valence-electron chi connectivity index (χ1n) is 4.35. The van der Waals surface area contributed by atoms with E-state index in [1.807, 2.05) is 14.1 Å². The molecule has 2 nitrogen and oxygen atoms in total. The summed E-state index contributed by atoms with van der Waals surface area (Å²) < 4.78 is 0. The van der Waals surface area contributed by atoms with Crippen LogP contribution in [0.15, 0.2) is 4.99 Å². The van der Waals surface area contributed by atoms with Crippen molar-refractivity contribution >= 4 is 5.84 Å². The maximum absolute atomic E-state index is 4.56. The van der Waals surface area contributed by atoms with Crippen LogP contribution < -0.4 is 0 Å². The summed E-state index contributed by atoms with van der Waals surface area (Å²) in [5, 5.41) is 0. The number of rotatable bonds is 3. The van der Waals surface area contributed by atoms with E-state index in [9.17, 15) is 0 Å². The molecule has 0 N–H and O–H groups in total. The van der Waals surface area contributed by atoms with Crippen LogP contribution in [0, 0.1) is 0 Å². The smallest absolute Gasteiger partial charge is 0.0984 e. The average Bonchev–Trinajstić information content (AvgIpc) is 1.99. The standard InChI is InChI=1S/C9H20N2/c1-6-8(3)10-9(7-2)11(4)5/h8H,6-7H2,1-5H3. The molecule has 0 bridgehead atoms. The van der Waals surface area contributed by atoms with Gasteiger partial charge < -0.3 is 4.90 Å². The van der Waals surface area contributed by atoms with Gasteiger partial charge in [0.25, 0.3) is 0 Å². The summed E-state index contributed by atoms with van der Waals surface area (Å²) in [6, 6.07) is 0.465. The van der Waals surface area contributed by atoms with Crippen LogP contribution >= 0.6 is 0 Å². The highest BCUT2D eigenvalue weighted by atomic mass is 15.1. The third kappa shape index (κ3) is 4.02. The lowest BCUT2D eigenvalue weighted by Crippen LogP contribution is -2.22. The summed E-state index contributed by atoms with van der Waals surface area (Å²) in [5.41, 5.74) is 0. The van der Waals surface area contributed by atoms with Gasteiger partial charge in [0.1, 0.15) is 0 Å². The van der Waals surface area contributed by atoms with Crippen LogP contribution in [0.3, 0.4) is 0 Å². The van der Waals surface area contributed by atoms with E-state index in [-0.39, 0.29) is 0 Å². The van der Waals surface area contributed by atoms with E-state index >= 15 is 0 Å². The van der Waals surface area contributed by atoms with Crippen molar-refractivity contribution in [2.24, 2.45) is 4.99 Å². The van der Waals surface area contributed by atoms with Crippen LogP contribution in [0.5, 0.6) is 0 Å². The fourth-order valence-corrected chi connectivity index (χ4v) is 0.869. The Balaban J connectivity index is 4.10. The van der Waals surface area contributed by atoms with Crippen LogP contribution in [0.1, 0.15) is 33.6 Å². The summed E-state index contributed by atoms with van der Waals surface area (Å²) in [5.74, 6) is 1.19. The van der Waals surface area contributed by atoms with Crippen molar-refractivity contribution in [3.63, 3.8) is 0 Å². The van der Waals surface area contributed by atoms with Crippen molar-refractivity contribution in [2.45, 2.75) is 39.7 Å². The van der Waals surface area contributed by atoms with E-state index in [4.69, 9.17) is 0 Å². The second kappa shape index (κ2) is 5.16. The Kier molecular flexibility index (Phi) is 4.92. The topological polar surface area (TPSA) is 15.6 Å². The highest BCUT2D eigenvalue weighted by Gasteiger charge is 2.00. The first kappa shape index (κ1) is 10.5. The van der Waals surface area contributed by atoms with Gasteiger partial charge in [0.15, 0.2) is 0 Å². The zero-order valence-electron chi connectivity index (χ0n) is 8.39. The molecule has 0 aromatic rings. The highest BCUT2D eigenvalue weighted by Crippen LogP contribution is 1.99. The quantitative estimate of drug-likeness (QED) is 0.451. The minimum atomic E-state index is 0.465. The molecule has 0 saturated carbocycles. The minimum absolute atomic E-state index is 0.465. The van der Waals surface area contributed by atoms with Gasteiger partial charge in [0, 0.05) is 26.6 Å². The number of nitrogens with zero attached hydrogens (tertiary/aromatic N) is 2. The fourth-order valence-electron chi connectivity index (χ4n) is 0.869. The Morgan fingerprint density at radius 1 is 1.36 bits per heavy atom. The fraction of sp³-hybridized carbons (Fsp3) is 0.889. The van der Waals surface area contributed by atoms with Crippen molar-refractivity contribution in [3.8, 4) is 0 Å². The molecule has 0 aliphatic heterocycles. The van der Waals surface area contributed by atoms with Gasteiger partial charge in [-0.2, -0.15) is 0 Å². The van der Waals surface area contributed by atoms with Crippen molar-refractivity contribution in [1.82, 2.24) is 4.90 Å². The van der Waals surface area contributed by atoms with Crippen LogP contribution in [0.25, 0.3) is 0 Å². The predicted molar refractivity (Wildman–Crippen MR) is 51.2 cm³/mol. The highest BCUT2D eigenvalue weighted by molar-refractivity contribution is 5.81. The number of aliphatic imine (C=N–C) groups is 1. The molecule has 0 aromatic heterocycles. The zero-order chi connectivity index (χ0) is 8.85. The molecule has 0 heterocycles. The molecule has 1 atom stereocenters. The van der Waals surface area contributed by atoms with Crippen LogP contribution in [0.2, 0.25) is 0 Å². The normalized spacial score (nSPS) is 14.8. The Morgan fingerprint density at radius 2 is 1.91 bits per heavy atom. The summed E-state index contributed by atoms with van der Waals surface area (Å²) in [4.78, 5) is 6.64. The summed E-state index contributed by atoms with van der Waals surface area (Å²) in [6.07, 6.45) is 2.15. The summed E-state index contributed by atoms with van der Waals surface area (Å²) in [7, 11) is 4.09. The van der Waals surface area contributed by atoms with Gasteiger partial charge >= 0.3 is 0 Å². The van der Waals surface area contributed by atoms with Gasteiger partial charge in [-0.3, -0.25) is 4.99 Å². The molecule has 0 spiro atoms. The van der Waals surface area contributed by atoms with E-state index in [1.54, 1.807) is 0 Å². The first-order valence-corrected chi connectivity index (χ1v) is 4.35. The lowest BCUT2D eigenvalue weighted by atomic mass is 10.3. The predicted octanol–water partition coefficient (Wildman–Crippen LogP) is 2.16. The molecular weight excluding hydrogens is 136 g/mol. The summed E-state index contributed by atoms with van der Waals surface area (Å²) in [6.45, 7) is 6.46. The van der Waals surface area contributed by atoms with Crippen molar-refractivity contribution < 1.29 is 0 Å². The molecule has 0 saturated heterocycles.